The molecule has 0 aliphatic heterocycles. The molecule has 1 heterocycles. The van der Waals surface area contributed by atoms with Crippen molar-refractivity contribution in [2.45, 2.75) is 13.5 Å². The first-order valence-electron chi connectivity index (χ1n) is 6.23. The summed E-state index contributed by atoms with van der Waals surface area (Å²) in [6.45, 7) is 2.25. The third kappa shape index (κ3) is 3.09. The first kappa shape index (κ1) is 13.9. The minimum atomic E-state index is -0.0694. The van der Waals surface area contributed by atoms with Crippen LogP contribution >= 0.6 is 0 Å². The van der Waals surface area contributed by atoms with E-state index in [0.717, 1.165) is 5.76 Å². The summed E-state index contributed by atoms with van der Waals surface area (Å²) in [6.07, 6.45) is 1.66. The molecule has 0 atom stereocenters. The lowest BCUT2D eigenvalue weighted by molar-refractivity contribution is 0.0827. The standard InChI is InChI=1S/C14H18N4O2/c1-9-7-17-13(20-9)8-16-12-6-10(4-5-11(12)15)14(19)18(2)3/h4-7,16H,8,15H2,1-3H3. The zero-order valence-electron chi connectivity index (χ0n) is 11.8. The number of amides is 1. The molecule has 3 N–H and O–H groups in total. The van der Waals surface area contributed by atoms with Crippen LogP contribution in [0.4, 0.5) is 11.4 Å². The van der Waals surface area contributed by atoms with Gasteiger partial charge in [-0.05, 0) is 25.1 Å². The number of benzene rings is 1. The van der Waals surface area contributed by atoms with Crippen LogP contribution in [0.1, 0.15) is 22.0 Å². The number of nitrogens with two attached hydrogens (primary N) is 1. The topological polar surface area (TPSA) is 84.4 Å². The van der Waals surface area contributed by atoms with Crippen LogP contribution in [0.3, 0.4) is 0 Å². The summed E-state index contributed by atoms with van der Waals surface area (Å²) in [4.78, 5) is 17.5. The van der Waals surface area contributed by atoms with Crippen LogP contribution in [0.2, 0.25) is 0 Å². The maximum atomic E-state index is 11.9. The fourth-order valence-electron chi connectivity index (χ4n) is 1.75. The van der Waals surface area contributed by atoms with E-state index in [0.29, 0.717) is 29.4 Å². The molecule has 1 aromatic carbocycles. The number of hydrogen-bond acceptors (Lipinski definition) is 5. The number of carbonyl (C=O) groups excluding carboxylic acids is 1. The number of hydrogen-bond donors (Lipinski definition) is 2. The maximum Gasteiger partial charge on any atom is 0.253 e. The van der Waals surface area contributed by atoms with E-state index in [9.17, 15) is 4.79 Å². The van der Waals surface area contributed by atoms with Crippen LogP contribution in [0, 0.1) is 6.92 Å². The van der Waals surface area contributed by atoms with Gasteiger partial charge in [0, 0.05) is 19.7 Å². The molecular formula is C14H18N4O2. The molecule has 0 fully saturated rings. The molecule has 1 aromatic heterocycles. The van der Waals surface area contributed by atoms with Crippen LogP contribution in [0.15, 0.2) is 28.8 Å². The summed E-state index contributed by atoms with van der Waals surface area (Å²) in [5.74, 6) is 1.26. The molecule has 0 radical (unpaired) electrons. The summed E-state index contributed by atoms with van der Waals surface area (Å²) in [5.41, 5.74) is 7.74. The minimum Gasteiger partial charge on any atom is -0.444 e. The van der Waals surface area contributed by atoms with Crippen molar-refractivity contribution in [3.63, 3.8) is 0 Å². The number of aromatic nitrogens is 1. The lowest BCUT2D eigenvalue weighted by Crippen LogP contribution is -2.21. The number of oxazole rings is 1. The van der Waals surface area contributed by atoms with Gasteiger partial charge in [-0.3, -0.25) is 4.79 Å². The highest BCUT2D eigenvalue weighted by Gasteiger charge is 2.10. The number of rotatable bonds is 4. The second-order valence-electron chi connectivity index (χ2n) is 4.72. The molecule has 20 heavy (non-hydrogen) atoms. The molecule has 106 valence electrons. The van der Waals surface area contributed by atoms with Gasteiger partial charge in [-0.1, -0.05) is 0 Å². The highest BCUT2D eigenvalue weighted by atomic mass is 16.4. The predicted octanol–water partition coefficient (Wildman–Crippen LogP) is 1.88. The Bertz CT molecular complexity index is 619. The van der Waals surface area contributed by atoms with E-state index >= 15 is 0 Å². The van der Waals surface area contributed by atoms with E-state index in [1.165, 1.54) is 4.90 Å². The third-order valence-electron chi connectivity index (χ3n) is 2.81. The first-order chi connectivity index (χ1) is 9.47. The monoisotopic (exact) mass is 274 g/mol. The van der Waals surface area contributed by atoms with Gasteiger partial charge < -0.3 is 20.4 Å². The van der Waals surface area contributed by atoms with Crippen molar-refractivity contribution in [3.05, 3.63) is 41.6 Å². The number of nitrogens with zero attached hydrogens (tertiary/aromatic N) is 2. The molecule has 0 saturated carbocycles. The van der Waals surface area contributed by atoms with Crippen LogP contribution < -0.4 is 11.1 Å². The fourth-order valence-corrected chi connectivity index (χ4v) is 1.75. The third-order valence-corrected chi connectivity index (χ3v) is 2.81. The summed E-state index contributed by atoms with van der Waals surface area (Å²) in [6, 6.07) is 5.14. The molecule has 1 amide bonds. The van der Waals surface area contributed by atoms with Gasteiger partial charge in [0.25, 0.3) is 5.91 Å². The predicted molar refractivity (Wildman–Crippen MR) is 77.4 cm³/mol. The quantitative estimate of drug-likeness (QED) is 0.832. The number of anilines is 2. The van der Waals surface area contributed by atoms with E-state index in [4.69, 9.17) is 10.2 Å². The van der Waals surface area contributed by atoms with Crippen molar-refractivity contribution in [2.24, 2.45) is 0 Å². The second-order valence-corrected chi connectivity index (χ2v) is 4.72. The van der Waals surface area contributed by atoms with Crippen molar-refractivity contribution in [3.8, 4) is 0 Å². The average molecular weight is 274 g/mol. The maximum absolute atomic E-state index is 11.9. The zero-order chi connectivity index (χ0) is 14.7. The molecule has 6 heteroatoms. The Morgan fingerprint density at radius 2 is 2.20 bits per heavy atom. The van der Waals surface area contributed by atoms with E-state index in [-0.39, 0.29) is 5.91 Å². The van der Waals surface area contributed by atoms with Gasteiger partial charge in [0.1, 0.15) is 5.76 Å². The number of carbonyl (C=O) groups is 1. The Balaban J connectivity index is 2.14. The molecule has 0 bridgehead atoms. The normalized spacial score (nSPS) is 10.3. The van der Waals surface area contributed by atoms with E-state index in [2.05, 4.69) is 10.3 Å². The average Bonchev–Trinajstić information content (AvgIpc) is 2.82. The second kappa shape index (κ2) is 5.64. The summed E-state index contributed by atoms with van der Waals surface area (Å²) >= 11 is 0. The summed E-state index contributed by atoms with van der Waals surface area (Å²) < 4.78 is 5.37. The Labute approximate surface area is 117 Å². The van der Waals surface area contributed by atoms with Crippen LogP contribution in [0.5, 0.6) is 0 Å². The SMILES string of the molecule is Cc1cnc(CNc2cc(C(=O)N(C)C)ccc2N)o1. The van der Waals surface area contributed by atoms with Crippen molar-refractivity contribution in [1.29, 1.82) is 0 Å². The lowest BCUT2D eigenvalue weighted by Gasteiger charge is -2.13. The molecule has 0 aliphatic rings. The van der Waals surface area contributed by atoms with Gasteiger partial charge in [-0.2, -0.15) is 0 Å². The molecule has 6 nitrogen and oxygen atoms in total. The fraction of sp³-hybridized carbons (Fsp3) is 0.286. The van der Waals surface area contributed by atoms with Crippen molar-refractivity contribution < 1.29 is 9.21 Å². The number of aryl methyl sites for hydroxylation is 1. The highest BCUT2D eigenvalue weighted by molar-refractivity contribution is 5.95. The Morgan fingerprint density at radius 1 is 1.45 bits per heavy atom. The Hall–Kier alpha value is -2.50. The summed E-state index contributed by atoms with van der Waals surface area (Å²) in [7, 11) is 3.42. The molecule has 0 saturated heterocycles. The molecule has 0 unspecified atom stereocenters. The molecule has 0 aliphatic carbocycles. The van der Waals surface area contributed by atoms with Crippen molar-refractivity contribution in [1.82, 2.24) is 9.88 Å². The van der Waals surface area contributed by atoms with E-state index in [1.54, 1.807) is 38.5 Å². The van der Waals surface area contributed by atoms with Gasteiger partial charge >= 0.3 is 0 Å². The number of nitrogen functional groups attached to an aromatic ring is 1. The highest BCUT2D eigenvalue weighted by Crippen LogP contribution is 2.21. The number of nitrogens with one attached hydrogen (secondary N) is 1. The summed E-state index contributed by atoms with van der Waals surface area (Å²) in [5, 5.41) is 3.12. The Kier molecular flexibility index (Phi) is 3.93. The zero-order valence-corrected chi connectivity index (χ0v) is 11.8. The van der Waals surface area contributed by atoms with Gasteiger partial charge in [0.2, 0.25) is 5.89 Å². The largest absolute Gasteiger partial charge is 0.444 e. The smallest absolute Gasteiger partial charge is 0.253 e. The van der Waals surface area contributed by atoms with Gasteiger partial charge in [0.15, 0.2) is 0 Å². The lowest BCUT2D eigenvalue weighted by atomic mass is 10.1. The van der Waals surface area contributed by atoms with Gasteiger partial charge in [-0.25, -0.2) is 4.98 Å². The first-order valence-corrected chi connectivity index (χ1v) is 6.23. The Morgan fingerprint density at radius 3 is 2.80 bits per heavy atom. The van der Waals surface area contributed by atoms with Crippen LogP contribution in [-0.4, -0.2) is 29.9 Å². The van der Waals surface area contributed by atoms with Crippen molar-refractivity contribution in [2.75, 3.05) is 25.1 Å². The van der Waals surface area contributed by atoms with Gasteiger partial charge in [0.05, 0.1) is 24.1 Å². The minimum absolute atomic E-state index is 0.0694. The van der Waals surface area contributed by atoms with Crippen LogP contribution in [0.25, 0.3) is 0 Å². The molecule has 2 aromatic rings. The van der Waals surface area contributed by atoms with Crippen molar-refractivity contribution >= 4 is 17.3 Å². The molecule has 0 spiro atoms. The molecular weight excluding hydrogens is 256 g/mol. The van der Waals surface area contributed by atoms with Crippen LogP contribution in [-0.2, 0) is 6.54 Å². The van der Waals surface area contributed by atoms with E-state index in [1.807, 2.05) is 6.92 Å². The molecule has 2 rings (SSSR count). The van der Waals surface area contributed by atoms with E-state index < -0.39 is 0 Å². The van der Waals surface area contributed by atoms with Gasteiger partial charge in [-0.15, -0.1) is 0 Å².